The lowest BCUT2D eigenvalue weighted by Crippen LogP contribution is -2.40. The molecule has 0 saturated carbocycles. The van der Waals surface area contributed by atoms with Gasteiger partial charge in [-0.15, -0.1) is 0 Å². The Kier molecular flexibility index (Phi) is 3.38. The first-order valence-electron chi connectivity index (χ1n) is 5.30. The van der Waals surface area contributed by atoms with Gasteiger partial charge in [-0.1, -0.05) is 0 Å². The third-order valence-corrected chi connectivity index (χ3v) is 3.70. The average molecular weight is 224 g/mol. The van der Waals surface area contributed by atoms with Crippen LogP contribution in [0.15, 0.2) is 10.8 Å². The second kappa shape index (κ2) is 4.77. The molecule has 15 heavy (non-hydrogen) atoms. The lowest BCUT2D eigenvalue weighted by Gasteiger charge is -2.10. The highest BCUT2D eigenvalue weighted by molar-refractivity contribution is 7.08. The number of hydrogen-bond donors (Lipinski definition) is 2. The zero-order valence-electron chi connectivity index (χ0n) is 8.88. The Balaban J connectivity index is 1.83. The van der Waals surface area contributed by atoms with Crippen LogP contribution >= 0.6 is 11.3 Å². The van der Waals surface area contributed by atoms with Crippen molar-refractivity contribution in [2.45, 2.75) is 32.4 Å². The minimum Gasteiger partial charge on any atom is -0.351 e. The number of hydrogen-bond acceptors (Lipinski definition) is 3. The van der Waals surface area contributed by atoms with Crippen molar-refractivity contribution in [2.75, 3.05) is 6.54 Å². The molecule has 1 aliphatic rings. The first-order chi connectivity index (χ1) is 7.27. The van der Waals surface area contributed by atoms with Crippen molar-refractivity contribution in [3.8, 4) is 0 Å². The first-order valence-corrected chi connectivity index (χ1v) is 6.24. The summed E-state index contributed by atoms with van der Waals surface area (Å²) in [5.41, 5.74) is 2.49. The third kappa shape index (κ3) is 2.58. The van der Waals surface area contributed by atoms with Gasteiger partial charge in [0.25, 0.3) is 0 Å². The van der Waals surface area contributed by atoms with E-state index < -0.39 is 0 Å². The lowest BCUT2D eigenvalue weighted by atomic mass is 10.2. The molecule has 3 nitrogen and oxygen atoms in total. The van der Waals surface area contributed by atoms with Crippen LogP contribution in [0.3, 0.4) is 0 Å². The molecule has 1 aliphatic heterocycles. The zero-order valence-corrected chi connectivity index (χ0v) is 9.69. The van der Waals surface area contributed by atoms with E-state index in [2.05, 4.69) is 28.3 Å². The van der Waals surface area contributed by atoms with Gasteiger partial charge >= 0.3 is 0 Å². The summed E-state index contributed by atoms with van der Waals surface area (Å²) in [5.74, 6) is 0.137. The quantitative estimate of drug-likeness (QED) is 0.815. The highest BCUT2D eigenvalue weighted by Crippen LogP contribution is 2.13. The molecule has 1 saturated heterocycles. The Labute approximate surface area is 93.9 Å². The zero-order chi connectivity index (χ0) is 10.7. The maximum absolute atomic E-state index is 11.7. The normalized spacial score (nSPS) is 20.5. The molecular formula is C11H16N2OS. The number of thiophene rings is 1. The summed E-state index contributed by atoms with van der Waals surface area (Å²) in [6.07, 6.45) is 2.07. The van der Waals surface area contributed by atoms with Crippen LogP contribution in [-0.4, -0.2) is 18.5 Å². The second-order valence-electron chi connectivity index (χ2n) is 3.95. The van der Waals surface area contributed by atoms with Gasteiger partial charge in [0.2, 0.25) is 5.91 Å². The fourth-order valence-corrected chi connectivity index (χ4v) is 2.64. The number of nitrogens with one attached hydrogen (secondary N) is 2. The van der Waals surface area contributed by atoms with Crippen LogP contribution in [-0.2, 0) is 11.3 Å². The van der Waals surface area contributed by atoms with Gasteiger partial charge in [-0.2, -0.15) is 11.3 Å². The standard InChI is InChI=1S/C11H16N2OS/c1-8-6-15-7-9(8)5-13-11(14)10-3-2-4-12-10/h6-7,10,12H,2-5H2,1H3,(H,13,14)/t10-/m0/s1. The molecule has 0 aromatic carbocycles. The predicted octanol–water partition coefficient (Wildman–Crippen LogP) is 1.42. The van der Waals surface area contributed by atoms with Gasteiger partial charge in [0.15, 0.2) is 0 Å². The summed E-state index contributed by atoms with van der Waals surface area (Å²) < 4.78 is 0. The number of amides is 1. The smallest absolute Gasteiger partial charge is 0.237 e. The largest absolute Gasteiger partial charge is 0.351 e. The SMILES string of the molecule is Cc1cscc1CNC(=O)[C@@H]1CCCN1. The maximum Gasteiger partial charge on any atom is 0.237 e. The fourth-order valence-electron chi connectivity index (χ4n) is 1.78. The van der Waals surface area contributed by atoms with E-state index in [1.54, 1.807) is 11.3 Å². The van der Waals surface area contributed by atoms with E-state index in [1.165, 1.54) is 11.1 Å². The minimum atomic E-state index is 0.0314. The van der Waals surface area contributed by atoms with Crippen LogP contribution in [0.5, 0.6) is 0 Å². The van der Waals surface area contributed by atoms with Crippen LogP contribution in [0, 0.1) is 6.92 Å². The van der Waals surface area contributed by atoms with E-state index >= 15 is 0 Å². The Bertz CT molecular complexity index is 342. The van der Waals surface area contributed by atoms with E-state index in [0.717, 1.165) is 19.4 Å². The Morgan fingerprint density at radius 2 is 2.53 bits per heavy atom. The summed E-state index contributed by atoms with van der Waals surface area (Å²) in [7, 11) is 0. The van der Waals surface area contributed by atoms with E-state index in [-0.39, 0.29) is 11.9 Å². The number of carbonyl (C=O) groups excluding carboxylic acids is 1. The molecule has 0 bridgehead atoms. The van der Waals surface area contributed by atoms with Crippen molar-refractivity contribution >= 4 is 17.2 Å². The third-order valence-electron chi connectivity index (χ3n) is 2.79. The molecule has 1 atom stereocenters. The molecule has 2 heterocycles. The number of rotatable bonds is 3. The Morgan fingerprint density at radius 1 is 1.67 bits per heavy atom. The highest BCUT2D eigenvalue weighted by Gasteiger charge is 2.21. The molecule has 0 radical (unpaired) electrons. The van der Waals surface area contributed by atoms with Crippen LogP contribution < -0.4 is 10.6 Å². The van der Waals surface area contributed by atoms with Crippen molar-refractivity contribution in [1.82, 2.24) is 10.6 Å². The van der Waals surface area contributed by atoms with Crippen LogP contribution in [0.4, 0.5) is 0 Å². The molecule has 4 heteroatoms. The van der Waals surface area contributed by atoms with Gasteiger partial charge in [0, 0.05) is 6.54 Å². The summed E-state index contributed by atoms with van der Waals surface area (Å²) >= 11 is 1.68. The molecule has 82 valence electrons. The fraction of sp³-hybridized carbons (Fsp3) is 0.545. The van der Waals surface area contributed by atoms with Crippen molar-refractivity contribution in [1.29, 1.82) is 0 Å². The van der Waals surface area contributed by atoms with Crippen molar-refractivity contribution in [2.24, 2.45) is 0 Å². The molecule has 0 aliphatic carbocycles. The van der Waals surface area contributed by atoms with E-state index in [1.807, 2.05) is 0 Å². The summed E-state index contributed by atoms with van der Waals surface area (Å²) in [5, 5.41) is 10.4. The summed E-state index contributed by atoms with van der Waals surface area (Å²) in [4.78, 5) is 11.7. The van der Waals surface area contributed by atoms with E-state index in [9.17, 15) is 4.79 Å². The van der Waals surface area contributed by atoms with Gasteiger partial charge in [-0.25, -0.2) is 0 Å². The number of aryl methyl sites for hydroxylation is 1. The van der Waals surface area contributed by atoms with Gasteiger partial charge in [0.1, 0.15) is 0 Å². The van der Waals surface area contributed by atoms with E-state index in [4.69, 9.17) is 0 Å². The molecule has 0 spiro atoms. The van der Waals surface area contributed by atoms with Crippen molar-refractivity contribution in [3.05, 3.63) is 21.9 Å². The molecule has 0 unspecified atom stereocenters. The lowest BCUT2D eigenvalue weighted by molar-refractivity contribution is -0.122. The topological polar surface area (TPSA) is 41.1 Å². The van der Waals surface area contributed by atoms with Crippen molar-refractivity contribution < 1.29 is 4.79 Å². The molecule has 1 amide bonds. The monoisotopic (exact) mass is 224 g/mol. The van der Waals surface area contributed by atoms with Gasteiger partial charge in [-0.3, -0.25) is 4.79 Å². The molecule has 1 fully saturated rings. The molecule has 2 N–H and O–H groups in total. The average Bonchev–Trinajstić information content (AvgIpc) is 2.85. The highest BCUT2D eigenvalue weighted by atomic mass is 32.1. The van der Waals surface area contributed by atoms with Crippen LogP contribution in [0.1, 0.15) is 24.0 Å². The Morgan fingerprint density at radius 3 is 3.13 bits per heavy atom. The second-order valence-corrected chi connectivity index (χ2v) is 4.69. The predicted molar refractivity (Wildman–Crippen MR) is 61.9 cm³/mol. The Hall–Kier alpha value is -0.870. The summed E-state index contributed by atoms with van der Waals surface area (Å²) in [6.45, 7) is 3.70. The molecular weight excluding hydrogens is 208 g/mol. The minimum absolute atomic E-state index is 0.0314. The van der Waals surface area contributed by atoms with Gasteiger partial charge in [0.05, 0.1) is 6.04 Å². The van der Waals surface area contributed by atoms with E-state index in [0.29, 0.717) is 6.54 Å². The number of carbonyl (C=O) groups is 1. The van der Waals surface area contributed by atoms with Gasteiger partial charge in [-0.05, 0) is 48.2 Å². The van der Waals surface area contributed by atoms with Gasteiger partial charge < -0.3 is 10.6 Å². The molecule has 1 aromatic heterocycles. The molecule has 2 rings (SSSR count). The van der Waals surface area contributed by atoms with Crippen molar-refractivity contribution in [3.63, 3.8) is 0 Å². The first kappa shape index (κ1) is 10.6. The van der Waals surface area contributed by atoms with Crippen LogP contribution in [0.25, 0.3) is 0 Å². The molecule has 1 aromatic rings. The van der Waals surface area contributed by atoms with Crippen LogP contribution in [0.2, 0.25) is 0 Å². The summed E-state index contributed by atoms with van der Waals surface area (Å²) in [6, 6.07) is 0.0314. The maximum atomic E-state index is 11.7.